The molecule has 1 heterocycles. The molecule has 1 aliphatic carbocycles. The van der Waals surface area contributed by atoms with Crippen LogP contribution in [0.1, 0.15) is 32.6 Å². The molecule has 1 N–H and O–H groups in total. The fourth-order valence-corrected chi connectivity index (χ4v) is 2.16. The third-order valence-corrected chi connectivity index (χ3v) is 3.21. The Hall–Kier alpha value is -0.340. The van der Waals surface area contributed by atoms with E-state index in [4.69, 9.17) is 4.74 Å². The Morgan fingerprint density at radius 3 is 2.93 bits per heavy atom. The van der Waals surface area contributed by atoms with Crippen LogP contribution >= 0.6 is 0 Å². The highest BCUT2D eigenvalue weighted by Crippen LogP contribution is 2.25. The summed E-state index contributed by atoms with van der Waals surface area (Å²) in [6.07, 6.45) is 7.68. The first-order valence-electron chi connectivity index (χ1n) is 5.75. The maximum atomic E-state index is 5.22. The summed E-state index contributed by atoms with van der Waals surface area (Å²) in [6.45, 7) is 6.41. The van der Waals surface area contributed by atoms with Gasteiger partial charge in [0.2, 0.25) is 0 Å². The summed E-state index contributed by atoms with van der Waals surface area (Å²) >= 11 is 0. The fourth-order valence-electron chi connectivity index (χ4n) is 2.16. The van der Waals surface area contributed by atoms with Crippen LogP contribution in [0, 0.1) is 5.41 Å². The summed E-state index contributed by atoms with van der Waals surface area (Å²) in [7, 11) is 0. The zero-order chi connectivity index (χ0) is 9.86. The van der Waals surface area contributed by atoms with Gasteiger partial charge in [0, 0.05) is 12.0 Å². The largest absolute Gasteiger partial charge is 0.380 e. The molecule has 0 amide bonds. The third kappa shape index (κ3) is 2.58. The first-order chi connectivity index (χ1) is 6.79. The Morgan fingerprint density at radius 1 is 1.50 bits per heavy atom. The first-order valence-corrected chi connectivity index (χ1v) is 5.75. The molecule has 1 fully saturated rings. The van der Waals surface area contributed by atoms with Crippen molar-refractivity contribution in [2.24, 2.45) is 5.41 Å². The minimum atomic E-state index is 0.421. The van der Waals surface area contributed by atoms with Crippen molar-refractivity contribution >= 4 is 0 Å². The topological polar surface area (TPSA) is 21.3 Å². The average Bonchev–Trinajstić information content (AvgIpc) is 2.62. The molecule has 14 heavy (non-hydrogen) atoms. The Kier molecular flexibility index (Phi) is 3.24. The van der Waals surface area contributed by atoms with Gasteiger partial charge in [-0.05, 0) is 32.2 Å². The molecule has 0 radical (unpaired) electrons. The molecule has 0 aromatic rings. The van der Waals surface area contributed by atoms with Gasteiger partial charge in [0.25, 0.3) is 0 Å². The van der Waals surface area contributed by atoms with E-state index in [1.807, 2.05) is 0 Å². The molecule has 1 saturated heterocycles. The molecule has 1 aliphatic heterocycles. The number of nitrogens with one attached hydrogen (secondary N) is 1. The zero-order valence-corrected chi connectivity index (χ0v) is 9.14. The summed E-state index contributed by atoms with van der Waals surface area (Å²) in [4.78, 5) is 0. The Labute approximate surface area is 86.7 Å². The van der Waals surface area contributed by atoms with Crippen LogP contribution in [0.4, 0.5) is 0 Å². The molecule has 0 saturated carbocycles. The summed E-state index contributed by atoms with van der Waals surface area (Å²) in [5, 5.41) is 3.53. The van der Waals surface area contributed by atoms with Gasteiger partial charge in [0.1, 0.15) is 0 Å². The summed E-state index contributed by atoms with van der Waals surface area (Å²) in [6, 6.07) is 0. The van der Waals surface area contributed by atoms with Crippen LogP contribution in [0.5, 0.6) is 0 Å². The van der Waals surface area contributed by atoms with Crippen molar-refractivity contribution in [3.8, 4) is 0 Å². The van der Waals surface area contributed by atoms with Crippen LogP contribution in [-0.2, 0) is 4.74 Å². The normalized spacial score (nSPS) is 24.5. The van der Waals surface area contributed by atoms with Crippen LogP contribution < -0.4 is 5.32 Å². The smallest absolute Gasteiger partial charge is 0.0554 e. The van der Waals surface area contributed by atoms with Gasteiger partial charge in [-0.3, -0.25) is 0 Å². The zero-order valence-electron chi connectivity index (χ0n) is 9.14. The van der Waals surface area contributed by atoms with Crippen molar-refractivity contribution in [3.05, 3.63) is 11.6 Å². The van der Waals surface area contributed by atoms with Gasteiger partial charge in [-0.15, -0.1) is 0 Å². The molecule has 0 aromatic heterocycles. The summed E-state index contributed by atoms with van der Waals surface area (Å²) in [5.74, 6) is 0. The standard InChI is InChI=1S/C12H21NO/c1-12(9-14-10-12)8-13-7-6-11-4-2-3-5-11/h4,13H,2-3,5-10H2,1H3. The van der Waals surface area contributed by atoms with Crippen molar-refractivity contribution in [1.29, 1.82) is 0 Å². The molecule has 0 spiro atoms. The second-order valence-electron chi connectivity index (χ2n) is 4.98. The molecule has 2 heteroatoms. The molecule has 2 nitrogen and oxygen atoms in total. The predicted molar refractivity (Wildman–Crippen MR) is 58.3 cm³/mol. The van der Waals surface area contributed by atoms with Gasteiger partial charge in [0.15, 0.2) is 0 Å². The highest BCUT2D eigenvalue weighted by Gasteiger charge is 2.32. The monoisotopic (exact) mass is 195 g/mol. The van der Waals surface area contributed by atoms with Crippen molar-refractivity contribution in [2.75, 3.05) is 26.3 Å². The first kappa shape index (κ1) is 10.2. The van der Waals surface area contributed by atoms with E-state index in [9.17, 15) is 0 Å². The van der Waals surface area contributed by atoms with Crippen molar-refractivity contribution in [3.63, 3.8) is 0 Å². The van der Waals surface area contributed by atoms with E-state index in [2.05, 4.69) is 18.3 Å². The number of hydrogen-bond acceptors (Lipinski definition) is 2. The van der Waals surface area contributed by atoms with E-state index in [1.54, 1.807) is 5.57 Å². The van der Waals surface area contributed by atoms with Crippen LogP contribution in [0.25, 0.3) is 0 Å². The molecule has 0 atom stereocenters. The highest BCUT2D eigenvalue weighted by molar-refractivity contribution is 5.07. The number of hydrogen-bond donors (Lipinski definition) is 1. The lowest BCUT2D eigenvalue weighted by Gasteiger charge is -2.38. The van der Waals surface area contributed by atoms with Crippen LogP contribution in [0.3, 0.4) is 0 Å². The fraction of sp³-hybridized carbons (Fsp3) is 0.833. The Balaban J connectivity index is 1.54. The Morgan fingerprint density at radius 2 is 2.36 bits per heavy atom. The quantitative estimate of drug-likeness (QED) is 0.536. The maximum Gasteiger partial charge on any atom is 0.0554 e. The van der Waals surface area contributed by atoms with E-state index in [0.29, 0.717) is 5.41 Å². The van der Waals surface area contributed by atoms with Gasteiger partial charge in [0.05, 0.1) is 13.2 Å². The lowest BCUT2D eigenvalue weighted by Crippen LogP contribution is -2.47. The minimum absolute atomic E-state index is 0.421. The number of rotatable bonds is 5. The number of allylic oxidation sites excluding steroid dienone is 1. The lowest BCUT2D eigenvalue weighted by molar-refractivity contribution is -0.0988. The molecule has 2 rings (SSSR count). The van der Waals surface area contributed by atoms with E-state index in [-0.39, 0.29) is 0 Å². The second kappa shape index (κ2) is 4.45. The SMILES string of the molecule is CC1(CNCCC2=CCCC2)COC1. The average molecular weight is 195 g/mol. The molecule has 0 aromatic carbocycles. The second-order valence-corrected chi connectivity index (χ2v) is 4.98. The van der Waals surface area contributed by atoms with Crippen molar-refractivity contribution in [1.82, 2.24) is 5.32 Å². The minimum Gasteiger partial charge on any atom is -0.380 e. The summed E-state index contributed by atoms with van der Waals surface area (Å²) < 4.78 is 5.22. The van der Waals surface area contributed by atoms with Gasteiger partial charge in [-0.1, -0.05) is 18.6 Å². The van der Waals surface area contributed by atoms with Gasteiger partial charge in [-0.2, -0.15) is 0 Å². The predicted octanol–water partition coefficient (Wildman–Crippen LogP) is 2.11. The van der Waals surface area contributed by atoms with Crippen LogP contribution in [0.2, 0.25) is 0 Å². The van der Waals surface area contributed by atoms with E-state index in [1.165, 1.54) is 25.7 Å². The lowest BCUT2D eigenvalue weighted by atomic mass is 9.89. The van der Waals surface area contributed by atoms with Gasteiger partial charge < -0.3 is 10.1 Å². The van der Waals surface area contributed by atoms with Crippen molar-refractivity contribution in [2.45, 2.75) is 32.6 Å². The van der Waals surface area contributed by atoms with E-state index < -0.39 is 0 Å². The van der Waals surface area contributed by atoms with E-state index >= 15 is 0 Å². The van der Waals surface area contributed by atoms with Gasteiger partial charge in [-0.25, -0.2) is 0 Å². The molecule has 2 aliphatic rings. The Bertz CT molecular complexity index is 218. The molecular weight excluding hydrogens is 174 g/mol. The molecule has 0 bridgehead atoms. The summed E-state index contributed by atoms with van der Waals surface area (Å²) in [5.41, 5.74) is 2.08. The van der Waals surface area contributed by atoms with Gasteiger partial charge >= 0.3 is 0 Å². The molecular formula is C12H21NO. The molecule has 0 unspecified atom stereocenters. The number of ether oxygens (including phenoxy) is 1. The van der Waals surface area contributed by atoms with Crippen molar-refractivity contribution < 1.29 is 4.74 Å². The third-order valence-electron chi connectivity index (χ3n) is 3.21. The van der Waals surface area contributed by atoms with Crippen LogP contribution in [-0.4, -0.2) is 26.3 Å². The highest BCUT2D eigenvalue weighted by atomic mass is 16.5. The van der Waals surface area contributed by atoms with E-state index in [0.717, 1.165) is 26.3 Å². The maximum absolute atomic E-state index is 5.22. The molecule has 80 valence electrons. The van der Waals surface area contributed by atoms with Crippen LogP contribution in [0.15, 0.2) is 11.6 Å².